The molecule has 0 amide bonds. The Bertz CT molecular complexity index is 6670. The van der Waals surface area contributed by atoms with E-state index < -0.39 is 91.4 Å². The molecule has 134 heavy (non-hydrogen) atoms. The van der Waals surface area contributed by atoms with E-state index in [9.17, 15) is 27.8 Å². The zero-order valence-corrected chi connectivity index (χ0v) is 84.7. The van der Waals surface area contributed by atoms with Crippen molar-refractivity contribution in [3.8, 4) is 79.6 Å². The van der Waals surface area contributed by atoms with Crippen LogP contribution in [-0.2, 0) is 14.0 Å². The largest absolute Gasteiger partial charge is 0.498 e. The molecule has 1 atom stereocenters. The molecule has 694 valence electrons. The van der Waals surface area contributed by atoms with Crippen LogP contribution in [0.5, 0.6) is 40.2 Å². The summed E-state index contributed by atoms with van der Waals surface area (Å²) >= 11 is -0.204. The number of aryl methyl sites for hydroxylation is 3. The molecule has 5 heterocycles. The molecule has 13 aromatic carbocycles. The number of phenolic OH excluding ortho intramolecular Hbond substituents is 2. The van der Waals surface area contributed by atoms with Crippen molar-refractivity contribution < 1.29 is 83.1 Å². The first kappa shape index (κ1) is 96.4. The molecule has 2 aliphatic rings. The number of aromatic nitrogens is 3. The standard InChI is InChI=1S/C58H50F4GeN2O4.C30H34BNO4.C20H22Br2F4GeO2/c1-33(2)63(34(3)4,31-68-55-29-47(61)45(59)27-41(55)43-23-35(5)25-53(57(43)66)64-49-19-11-7-15-37(49)38-16-8-12-20-50(38)64)32-69-56-30-48(62)46(60)28-42(56)44-24-36(6)26-54(58(44)67)65-51-21-13-9-17-39(51)40-18-10-14-22-52(40)65;1-20-18-23(31-35-29(2,3)30(4,5)36-31)28(34-27-16-10-11-17-33-27)26(19-20)32-24-14-8-6-12-21(24)22-13-7-9-15-25(22)32;1-11(2)27(12(3)4,9-28-19-7-17(25)15(23)5-13(19)21)10-29-20-8-18(26)16(24)6-14(20)22/h7-30,33-34,66-67H,31-32H2,1-6H3;6-9,12-15,18-19,27H,10-11,16-17H2,1-5H3;5-8,11-12H,9-10H2,1-4H3. The van der Waals surface area contributed by atoms with Gasteiger partial charge in [-0.1, -0.05) is 42.5 Å². The summed E-state index contributed by atoms with van der Waals surface area (Å²) in [6.07, 6.45) is 2.72. The Kier molecular flexibility index (Phi) is 28.2. The number of aromatic hydroxyl groups is 2. The van der Waals surface area contributed by atoms with Crippen LogP contribution < -0.4 is 29.1 Å². The van der Waals surface area contributed by atoms with E-state index in [0.29, 0.717) is 37.8 Å². The monoisotopic (exact) mass is 2070 g/mol. The molecule has 13 nitrogen and oxygen atoms in total. The van der Waals surface area contributed by atoms with Gasteiger partial charge < -0.3 is 23.3 Å². The fourth-order valence-electron chi connectivity index (χ4n) is 18.5. The molecule has 2 fully saturated rings. The summed E-state index contributed by atoms with van der Waals surface area (Å²) in [6.45, 7) is 31.5. The fraction of sp³-hybridized carbons (Fsp3) is 0.278. The minimum absolute atomic E-state index is 0.0102. The molecular formula is C108H106BBr2F8Ge2N3O10. The fourth-order valence-corrected chi connectivity index (χ4v) is 34.5. The zero-order chi connectivity index (χ0) is 95.5. The predicted molar refractivity (Wildman–Crippen MR) is 533 cm³/mol. The van der Waals surface area contributed by atoms with Crippen LogP contribution in [0.2, 0.25) is 19.0 Å². The summed E-state index contributed by atoms with van der Waals surface area (Å²) in [6, 6.07) is 68.4. The maximum absolute atomic E-state index is 15.4. The topological polar surface area (TPSA) is 129 Å². The van der Waals surface area contributed by atoms with Gasteiger partial charge in [-0.25, -0.2) is 0 Å². The number of hydrogen-bond acceptors (Lipinski definition) is 10. The second-order valence-corrected chi connectivity index (χ2v) is 61.5. The van der Waals surface area contributed by atoms with E-state index in [0.717, 1.165) is 156 Å². The Balaban J connectivity index is 0.000000167. The summed E-state index contributed by atoms with van der Waals surface area (Å²) in [5.41, 5.74) is 12.0. The molecule has 0 aliphatic carbocycles. The van der Waals surface area contributed by atoms with Crippen LogP contribution in [0.15, 0.2) is 239 Å². The third-order valence-corrected chi connectivity index (χ3v) is 53.5. The van der Waals surface area contributed by atoms with Crippen LogP contribution >= 0.6 is 31.9 Å². The van der Waals surface area contributed by atoms with Crippen molar-refractivity contribution >= 4 is 136 Å². The number of ether oxygens (including phenoxy) is 6. The molecule has 0 bridgehead atoms. The average Bonchev–Trinajstić information content (AvgIpc) is 1.56. The first-order chi connectivity index (χ1) is 63.9. The molecule has 18 rings (SSSR count). The maximum Gasteiger partial charge on any atom is 0.498 e. The minimum Gasteiger partial charge on any atom is -0.463 e. The molecule has 16 aromatic rings. The number of para-hydroxylation sites is 6. The van der Waals surface area contributed by atoms with Crippen molar-refractivity contribution in [1.82, 2.24) is 13.7 Å². The van der Waals surface area contributed by atoms with Gasteiger partial charge in [0.05, 0.1) is 34.5 Å². The summed E-state index contributed by atoms with van der Waals surface area (Å²) < 4.78 is 174. The Labute approximate surface area is 797 Å². The van der Waals surface area contributed by atoms with Crippen molar-refractivity contribution in [3.05, 3.63) is 303 Å². The van der Waals surface area contributed by atoms with E-state index in [1.54, 1.807) is 12.1 Å². The normalized spacial score (nSPS) is 14.6. The van der Waals surface area contributed by atoms with E-state index in [1.807, 2.05) is 132 Å². The SMILES string of the molecule is C[CH](C)[Ge]([CH2]Oc1cc(F)c(F)cc1Br)([CH2]Oc1cc(F)c(F)cc1Br)[CH](C)C.Cc1cc(-c2cc(F)c(F)cc2O[CH2][Ge]([CH2]Oc2cc(F)c(F)cc2-c2cc(C)cc(-n3c4ccccc4c4ccccc43)c2O)([CH](C)C)[CH](C)C)c(O)c(-n2c3ccccc3c3ccccc32)c1.Cc1cc(B2OC(C)(C)C(C)(C)O2)c(OC2CCCCO2)c(-n2c3ccccc3c3ccccc32)c1. The molecule has 2 N–H and O–H groups in total. The predicted octanol–water partition coefficient (Wildman–Crippen LogP) is 29.5. The smallest absolute Gasteiger partial charge is 0.463 e. The summed E-state index contributed by atoms with van der Waals surface area (Å²) in [5, 5.41) is 30.9. The van der Waals surface area contributed by atoms with Crippen LogP contribution in [0, 0.1) is 67.3 Å². The molecule has 26 heteroatoms. The van der Waals surface area contributed by atoms with Gasteiger partial charge in [0.2, 0.25) is 0 Å². The summed E-state index contributed by atoms with van der Waals surface area (Å²) in [7, 11) is -0.541. The van der Waals surface area contributed by atoms with E-state index in [-0.39, 0.29) is 92.9 Å². The molecular weight excluding hydrogens is 1970 g/mol. The van der Waals surface area contributed by atoms with Gasteiger partial charge in [0.15, 0.2) is 6.29 Å². The number of benzene rings is 13. The Morgan fingerprint density at radius 2 is 0.657 bits per heavy atom. The summed E-state index contributed by atoms with van der Waals surface area (Å²) in [4.78, 5) is 0. The number of rotatable bonds is 24. The quantitative estimate of drug-likeness (QED) is 0.0343. The third-order valence-electron chi connectivity index (χ3n) is 27.2. The molecule has 0 saturated carbocycles. The average molecular weight is 2070 g/mol. The molecule has 1 unspecified atom stereocenters. The van der Waals surface area contributed by atoms with Gasteiger partial charge in [-0.3, -0.25) is 0 Å². The van der Waals surface area contributed by atoms with Crippen molar-refractivity contribution in [3.63, 3.8) is 0 Å². The van der Waals surface area contributed by atoms with Gasteiger partial charge in [0, 0.05) is 22.7 Å². The van der Waals surface area contributed by atoms with Crippen LogP contribution in [-0.4, -0.2) is 103 Å². The first-order valence-electron chi connectivity index (χ1n) is 45.1. The van der Waals surface area contributed by atoms with Gasteiger partial charge in [-0.2, -0.15) is 0 Å². The van der Waals surface area contributed by atoms with E-state index in [4.69, 9.17) is 37.7 Å². The molecule has 0 spiro atoms. The Morgan fingerprint density at radius 1 is 0.373 bits per heavy atom. The Hall–Kier alpha value is -10.7. The van der Waals surface area contributed by atoms with E-state index >= 15 is 17.6 Å². The number of hydrogen-bond donors (Lipinski definition) is 2. The molecule has 2 aliphatic heterocycles. The summed E-state index contributed by atoms with van der Waals surface area (Å²) in [5.74, 6) is -7.35. The number of fused-ring (bicyclic) bond motifs is 9. The van der Waals surface area contributed by atoms with Crippen LogP contribution in [0.4, 0.5) is 35.1 Å². The van der Waals surface area contributed by atoms with Gasteiger partial charge >= 0.3 is 597 Å². The second-order valence-electron chi connectivity index (χ2n) is 37.3. The van der Waals surface area contributed by atoms with Crippen molar-refractivity contribution in [2.45, 2.75) is 160 Å². The van der Waals surface area contributed by atoms with Gasteiger partial charge in [-0.15, -0.1) is 0 Å². The zero-order valence-electron chi connectivity index (χ0n) is 77.3. The van der Waals surface area contributed by atoms with Gasteiger partial charge in [0.25, 0.3) is 0 Å². The van der Waals surface area contributed by atoms with Crippen LogP contribution in [0.25, 0.3) is 105 Å². The molecule has 0 radical (unpaired) electrons. The van der Waals surface area contributed by atoms with E-state index in [2.05, 4.69) is 187 Å². The Morgan fingerprint density at radius 3 is 0.978 bits per heavy atom. The number of nitrogens with zero attached hydrogens (tertiary/aromatic N) is 3. The first-order valence-corrected chi connectivity index (χ1v) is 57.5. The van der Waals surface area contributed by atoms with Crippen LogP contribution in [0.3, 0.4) is 0 Å². The van der Waals surface area contributed by atoms with Crippen molar-refractivity contribution in [1.29, 1.82) is 0 Å². The maximum atomic E-state index is 15.4. The van der Waals surface area contributed by atoms with Gasteiger partial charge in [-0.05, 0) is 71.2 Å². The van der Waals surface area contributed by atoms with E-state index in [1.165, 1.54) is 10.8 Å². The molecule has 3 aromatic heterocycles. The molecule has 2 saturated heterocycles. The minimum atomic E-state index is -3.63. The number of phenols is 2. The number of halogens is 10. The third kappa shape index (κ3) is 18.7. The van der Waals surface area contributed by atoms with Gasteiger partial charge in [0.1, 0.15) is 5.75 Å². The second kappa shape index (κ2) is 39.2. The van der Waals surface area contributed by atoms with Crippen molar-refractivity contribution in [2.75, 3.05) is 28.4 Å². The van der Waals surface area contributed by atoms with Crippen molar-refractivity contribution in [2.24, 2.45) is 0 Å². The van der Waals surface area contributed by atoms with Crippen LogP contribution in [0.1, 0.15) is 119 Å².